The summed E-state index contributed by atoms with van der Waals surface area (Å²) in [5, 5.41) is 9.61. The van der Waals surface area contributed by atoms with Crippen LogP contribution in [0.15, 0.2) is 24.5 Å². The van der Waals surface area contributed by atoms with Crippen LogP contribution in [-0.4, -0.2) is 26.1 Å². The normalized spacial score (nSPS) is 11.7. The zero-order valence-corrected chi connectivity index (χ0v) is 10.7. The van der Waals surface area contributed by atoms with E-state index in [2.05, 4.69) is 4.98 Å². The van der Waals surface area contributed by atoms with Crippen LogP contribution < -0.4 is 0 Å². The lowest BCUT2D eigenvalue weighted by Gasteiger charge is -2.18. The van der Waals surface area contributed by atoms with Crippen LogP contribution in [0.3, 0.4) is 0 Å². The Balaban J connectivity index is 2.18. The number of carbonyl (C=O) groups is 1. The number of imidazole rings is 1. The summed E-state index contributed by atoms with van der Waals surface area (Å²) in [4.78, 5) is 15.9. The molecule has 2 rings (SSSR count). The second-order valence-electron chi connectivity index (χ2n) is 5.12. The predicted molar refractivity (Wildman–Crippen MR) is 66.4 cm³/mol. The molecule has 0 unspecified atom stereocenters. The van der Waals surface area contributed by atoms with Crippen molar-refractivity contribution in [1.29, 1.82) is 0 Å². The lowest BCUT2D eigenvalue weighted by molar-refractivity contribution is -0.153. The third-order valence-electron chi connectivity index (χ3n) is 2.26. The molecule has 2 aromatic heterocycles. The average molecular weight is 248 g/mol. The fourth-order valence-corrected chi connectivity index (χ4v) is 1.66. The van der Waals surface area contributed by atoms with Gasteiger partial charge < -0.3 is 14.2 Å². The SMILES string of the molecule is CC(C)(C)OC(=O)Cc1cn2cccc(O)c2n1. The van der Waals surface area contributed by atoms with Crippen molar-refractivity contribution in [2.75, 3.05) is 0 Å². The van der Waals surface area contributed by atoms with Gasteiger partial charge >= 0.3 is 5.97 Å². The molecule has 0 radical (unpaired) electrons. The van der Waals surface area contributed by atoms with E-state index < -0.39 is 5.60 Å². The van der Waals surface area contributed by atoms with Crippen molar-refractivity contribution in [2.24, 2.45) is 0 Å². The Morgan fingerprint density at radius 1 is 1.50 bits per heavy atom. The highest BCUT2D eigenvalue weighted by atomic mass is 16.6. The maximum absolute atomic E-state index is 11.7. The second-order valence-corrected chi connectivity index (χ2v) is 5.12. The molecule has 5 nitrogen and oxygen atoms in total. The molecule has 0 spiro atoms. The van der Waals surface area contributed by atoms with Gasteiger partial charge in [0.15, 0.2) is 11.4 Å². The molecular formula is C13H16N2O3. The number of pyridine rings is 1. The van der Waals surface area contributed by atoms with Gasteiger partial charge in [0, 0.05) is 12.4 Å². The third-order valence-corrected chi connectivity index (χ3v) is 2.26. The van der Waals surface area contributed by atoms with E-state index >= 15 is 0 Å². The molecule has 18 heavy (non-hydrogen) atoms. The molecule has 5 heteroatoms. The van der Waals surface area contributed by atoms with Crippen molar-refractivity contribution < 1.29 is 14.6 Å². The quantitative estimate of drug-likeness (QED) is 0.825. The minimum absolute atomic E-state index is 0.0907. The lowest BCUT2D eigenvalue weighted by Crippen LogP contribution is -2.24. The van der Waals surface area contributed by atoms with E-state index in [0.29, 0.717) is 11.3 Å². The average Bonchev–Trinajstić information content (AvgIpc) is 2.58. The molecular weight excluding hydrogens is 232 g/mol. The van der Waals surface area contributed by atoms with Gasteiger partial charge in [0.25, 0.3) is 0 Å². The highest BCUT2D eigenvalue weighted by molar-refractivity contribution is 5.73. The number of hydrogen-bond acceptors (Lipinski definition) is 4. The molecule has 0 aliphatic carbocycles. The van der Waals surface area contributed by atoms with Crippen LogP contribution in [0.2, 0.25) is 0 Å². The Morgan fingerprint density at radius 3 is 2.83 bits per heavy atom. The summed E-state index contributed by atoms with van der Waals surface area (Å²) in [6.45, 7) is 5.46. The summed E-state index contributed by atoms with van der Waals surface area (Å²) in [7, 11) is 0. The molecule has 96 valence electrons. The zero-order chi connectivity index (χ0) is 13.3. The second kappa shape index (κ2) is 4.33. The lowest BCUT2D eigenvalue weighted by atomic mass is 10.2. The number of ether oxygens (including phenoxy) is 1. The van der Waals surface area contributed by atoms with Crippen molar-refractivity contribution in [1.82, 2.24) is 9.38 Å². The zero-order valence-electron chi connectivity index (χ0n) is 10.7. The molecule has 0 bridgehead atoms. The largest absolute Gasteiger partial charge is 0.504 e. The Labute approximate surface area is 105 Å². The molecule has 2 aromatic rings. The Bertz CT molecular complexity index is 581. The molecule has 2 heterocycles. The first-order valence-corrected chi connectivity index (χ1v) is 5.72. The molecule has 0 saturated heterocycles. The number of carbonyl (C=O) groups excluding carboxylic acids is 1. The van der Waals surface area contributed by atoms with Gasteiger partial charge in [-0.25, -0.2) is 4.98 Å². The number of esters is 1. The van der Waals surface area contributed by atoms with Crippen LogP contribution >= 0.6 is 0 Å². The molecule has 0 amide bonds. The number of fused-ring (bicyclic) bond motifs is 1. The molecule has 0 saturated carbocycles. The standard InChI is InChI=1S/C13H16N2O3/c1-13(2,3)18-11(17)7-9-8-15-6-4-5-10(16)12(15)14-9/h4-6,8,16H,7H2,1-3H3. The molecule has 0 aromatic carbocycles. The van der Waals surface area contributed by atoms with E-state index in [0.717, 1.165) is 0 Å². The van der Waals surface area contributed by atoms with E-state index in [-0.39, 0.29) is 18.1 Å². The predicted octanol–water partition coefficient (Wildman–Crippen LogP) is 1.92. The summed E-state index contributed by atoms with van der Waals surface area (Å²) in [5.41, 5.74) is 0.514. The highest BCUT2D eigenvalue weighted by Gasteiger charge is 2.17. The third kappa shape index (κ3) is 2.80. The summed E-state index contributed by atoms with van der Waals surface area (Å²) >= 11 is 0. The Hall–Kier alpha value is -2.04. The van der Waals surface area contributed by atoms with Crippen molar-refractivity contribution >= 4 is 11.6 Å². The number of nitrogens with zero attached hydrogens (tertiary/aromatic N) is 2. The maximum Gasteiger partial charge on any atom is 0.312 e. The van der Waals surface area contributed by atoms with Crippen molar-refractivity contribution in [3.05, 3.63) is 30.2 Å². The summed E-state index contributed by atoms with van der Waals surface area (Å²) in [6.07, 6.45) is 3.57. The van der Waals surface area contributed by atoms with E-state index in [4.69, 9.17) is 4.74 Å². The molecule has 1 N–H and O–H groups in total. The van der Waals surface area contributed by atoms with Crippen LogP contribution in [0.25, 0.3) is 5.65 Å². The summed E-state index contributed by atoms with van der Waals surface area (Å²) < 4.78 is 6.89. The van der Waals surface area contributed by atoms with Gasteiger partial charge in [-0.3, -0.25) is 4.79 Å². The van der Waals surface area contributed by atoms with E-state index in [1.54, 1.807) is 28.9 Å². The number of aromatic hydroxyl groups is 1. The Kier molecular flexibility index (Phi) is 2.98. The molecule has 0 fully saturated rings. The van der Waals surface area contributed by atoms with Crippen LogP contribution in [0.1, 0.15) is 26.5 Å². The fourth-order valence-electron chi connectivity index (χ4n) is 1.66. The van der Waals surface area contributed by atoms with Crippen LogP contribution in [0.5, 0.6) is 5.75 Å². The number of aromatic nitrogens is 2. The van der Waals surface area contributed by atoms with Crippen LogP contribution in [0.4, 0.5) is 0 Å². The van der Waals surface area contributed by atoms with Gasteiger partial charge in [-0.05, 0) is 32.9 Å². The van der Waals surface area contributed by atoms with Crippen LogP contribution in [-0.2, 0) is 16.0 Å². The molecule has 0 aliphatic rings. The van der Waals surface area contributed by atoms with E-state index in [9.17, 15) is 9.90 Å². The first-order valence-electron chi connectivity index (χ1n) is 5.72. The van der Waals surface area contributed by atoms with Gasteiger partial charge in [0.1, 0.15) is 5.60 Å². The van der Waals surface area contributed by atoms with Crippen molar-refractivity contribution in [3.8, 4) is 5.75 Å². The smallest absolute Gasteiger partial charge is 0.312 e. The monoisotopic (exact) mass is 248 g/mol. The van der Waals surface area contributed by atoms with Gasteiger partial charge in [0.2, 0.25) is 0 Å². The molecule has 0 aliphatic heterocycles. The van der Waals surface area contributed by atoms with E-state index in [1.807, 2.05) is 20.8 Å². The minimum atomic E-state index is -0.502. The fraction of sp³-hybridized carbons (Fsp3) is 0.385. The van der Waals surface area contributed by atoms with Crippen molar-refractivity contribution in [3.63, 3.8) is 0 Å². The van der Waals surface area contributed by atoms with Gasteiger partial charge in [-0.1, -0.05) is 0 Å². The van der Waals surface area contributed by atoms with Crippen molar-refractivity contribution in [2.45, 2.75) is 32.8 Å². The minimum Gasteiger partial charge on any atom is -0.504 e. The van der Waals surface area contributed by atoms with Crippen LogP contribution in [0, 0.1) is 0 Å². The summed E-state index contributed by atoms with van der Waals surface area (Å²) in [5.74, 6) is -0.238. The number of hydrogen-bond donors (Lipinski definition) is 1. The number of rotatable bonds is 2. The Morgan fingerprint density at radius 2 is 2.22 bits per heavy atom. The molecule has 0 atom stereocenters. The van der Waals surface area contributed by atoms with Gasteiger partial charge in [-0.2, -0.15) is 0 Å². The van der Waals surface area contributed by atoms with Gasteiger partial charge in [-0.15, -0.1) is 0 Å². The maximum atomic E-state index is 11.7. The highest BCUT2D eigenvalue weighted by Crippen LogP contribution is 2.17. The topological polar surface area (TPSA) is 63.8 Å². The first kappa shape index (κ1) is 12.4. The first-order chi connectivity index (χ1) is 8.35. The van der Waals surface area contributed by atoms with E-state index in [1.165, 1.54) is 0 Å². The van der Waals surface area contributed by atoms with Gasteiger partial charge in [0.05, 0.1) is 12.1 Å². The summed E-state index contributed by atoms with van der Waals surface area (Å²) in [6, 6.07) is 3.26.